The van der Waals surface area contributed by atoms with Crippen LogP contribution in [0.15, 0.2) is 12.2 Å². The smallest absolute Gasteiger partial charge is 0.376 e. The Labute approximate surface area is 140 Å². The average molecular weight is 342 g/mol. The lowest BCUT2D eigenvalue weighted by molar-refractivity contribution is -0.211. The molecule has 0 amide bonds. The first kappa shape index (κ1) is 17.4. The van der Waals surface area contributed by atoms with Crippen molar-refractivity contribution in [2.45, 2.75) is 63.9 Å². The van der Waals surface area contributed by atoms with Crippen molar-refractivity contribution in [3.8, 4) is 0 Å². The van der Waals surface area contributed by atoms with Crippen LogP contribution in [0.3, 0.4) is 0 Å². The van der Waals surface area contributed by atoms with Gasteiger partial charge in [-0.05, 0) is 57.3 Å². The zero-order valence-corrected chi connectivity index (χ0v) is 14.2. The molecule has 4 aliphatic carbocycles. The number of carbonyl (C=O) groups excluding carboxylic acids is 2. The van der Waals surface area contributed by atoms with E-state index in [1.54, 1.807) is 6.92 Å². The first-order valence-electron chi connectivity index (χ1n) is 8.47. The van der Waals surface area contributed by atoms with Crippen molar-refractivity contribution in [2.24, 2.45) is 17.3 Å². The van der Waals surface area contributed by atoms with Gasteiger partial charge in [-0.25, -0.2) is 9.59 Å². The van der Waals surface area contributed by atoms with Crippen LogP contribution in [-0.4, -0.2) is 30.1 Å². The van der Waals surface area contributed by atoms with Gasteiger partial charge in [-0.3, -0.25) is 0 Å². The van der Waals surface area contributed by atoms with E-state index in [0.29, 0.717) is 30.8 Å². The Hall–Kier alpha value is -1.46. The van der Waals surface area contributed by atoms with E-state index < -0.39 is 23.5 Å². The minimum Gasteiger partial charge on any atom is -0.461 e. The summed E-state index contributed by atoms with van der Waals surface area (Å²) in [4.78, 5) is 23.5. The van der Waals surface area contributed by atoms with E-state index in [9.17, 15) is 18.4 Å². The summed E-state index contributed by atoms with van der Waals surface area (Å²) >= 11 is 0. The number of ether oxygens (including phenoxy) is 2. The molecule has 24 heavy (non-hydrogen) atoms. The molecule has 0 spiro atoms. The van der Waals surface area contributed by atoms with Crippen LogP contribution in [-0.2, 0) is 19.1 Å². The summed E-state index contributed by atoms with van der Waals surface area (Å²) in [6.45, 7) is 5.77. The van der Waals surface area contributed by atoms with E-state index in [4.69, 9.17) is 9.47 Å². The van der Waals surface area contributed by atoms with Crippen LogP contribution in [0.4, 0.5) is 8.78 Å². The van der Waals surface area contributed by atoms with E-state index in [2.05, 4.69) is 6.58 Å². The van der Waals surface area contributed by atoms with Gasteiger partial charge < -0.3 is 9.47 Å². The third-order valence-corrected chi connectivity index (χ3v) is 5.65. The van der Waals surface area contributed by atoms with Crippen LogP contribution in [0.1, 0.15) is 52.4 Å². The Morgan fingerprint density at radius 2 is 1.79 bits per heavy atom. The third kappa shape index (κ3) is 3.20. The standard InChI is InChI=1S/C18H24F2O4/c1-11(2)14(21)24-18-7-12-4-13(8-18)6-17(5-12,9-18)10-23-15(22)16(3,19)20/h12-13H,1,4-10H2,2-3H3. The molecule has 6 heteroatoms. The lowest BCUT2D eigenvalue weighted by Gasteiger charge is -2.60. The van der Waals surface area contributed by atoms with E-state index in [1.807, 2.05) is 0 Å². The maximum atomic E-state index is 13.1. The highest BCUT2D eigenvalue weighted by molar-refractivity contribution is 5.87. The summed E-state index contributed by atoms with van der Waals surface area (Å²) in [6.07, 6.45) is 4.96. The SMILES string of the molecule is C=C(C)C(=O)OC12CC3CC(CC(COC(=O)C(C)(F)F)(C3)C1)C2. The van der Waals surface area contributed by atoms with Crippen molar-refractivity contribution in [2.75, 3.05) is 6.61 Å². The van der Waals surface area contributed by atoms with Crippen molar-refractivity contribution < 1.29 is 27.8 Å². The normalized spacial score (nSPS) is 37.2. The van der Waals surface area contributed by atoms with Crippen LogP contribution in [0.5, 0.6) is 0 Å². The molecule has 0 N–H and O–H groups in total. The van der Waals surface area contributed by atoms with Crippen LogP contribution in [0.25, 0.3) is 0 Å². The fourth-order valence-corrected chi connectivity index (χ4v) is 5.28. The van der Waals surface area contributed by atoms with Gasteiger partial charge in [-0.15, -0.1) is 0 Å². The maximum Gasteiger partial charge on any atom is 0.376 e. The van der Waals surface area contributed by atoms with Crippen LogP contribution in [0.2, 0.25) is 0 Å². The Morgan fingerprint density at radius 1 is 1.21 bits per heavy atom. The van der Waals surface area contributed by atoms with Crippen molar-refractivity contribution >= 4 is 11.9 Å². The summed E-state index contributed by atoms with van der Waals surface area (Å²) in [5.74, 6) is -4.57. The Morgan fingerprint density at radius 3 is 2.29 bits per heavy atom. The largest absolute Gasteiger partial charge is 0.461 e. The van der Waals surface area contributed by atoms with Gasteiger partial charge in [0.2, 0.25) is 0 Å². The number of alkyl halides is 2. The number of hydrogen-bond acceptors (Lipinski definition) is 4. The third-order valence-electron chi connectivity index (χ3n) is 5.65. The molecule has 4 bridgehead atoms. The molecular weight excluding hydrogens is 318 g/mol. The predicted octanol–water partition coefficient (Wildman–Crippen LogP) is 3.64. The number of halogens is 2. The molecule has 2 unspecified atom stereocenters. The van der Waals surface area contributed by atoms with Gasteiger partial charge in [0.05, 0.1) is 6.61 Å². The highest BCUT2D eigenvalue weighted by Crippen LogP contribution is 2.63. The molecule has 0 aromatic rings. The maximum absolute atomic E-state index is 13.1. The van der Waals surface area contributed by atoms with Gasteiger partial charge in [-0.1, -0.05) is 6.58 Å². The number of carbonyl (C=O) groups is 2. The molecule has 0 aromatic heterocycles. The Kier molecular flexibility index (Phi) is 4.00. The highest BCUT2D eigenvalue weighted by Gasteiger charge is 2.60. The molecule has 2 atom stereocenters. The number of esters is 2. The summed E-state index contributed by atoms with van der Waals surface area (Å²) in [5, 5.41) is 0. The lowest BCUT2D eigenvalue weighted by atomic mass is 9.48. The molecule has 0 aliphatic heterocycles. The minimum atomic E-state index is -3.48. The van der Waals surface area contributed by atoms with Crippen molar-refractivity contribution in [1.29, 1.82) is 0 Å². The summed E-state index contributed by atoms with van der Waals surface area (Å²) in [7, 11) is 0. The van der Waals surface area contributed by atoms with Gasteiger partial charge in [0.15, 0.2) is 0 Å². The van der Waals surface area contributed by atoms with Crippen molar-refractivity contribution in [1.82, 2.24) is 0 Å². The van der Waals surface area contributed by atoms with E-state index in [0.717, 1.165) is 32.1 Å². The zero-order valence-electron chi connectivity index (χ0n) is 14.2. The monoisotopic (exact) mass is 342 g/mol. The summed E-state index contributed by atoms with van der Waals surface area (Å²) in [6, 6.07) is 0. The predicted molar refractivity (Wildman–Crippen MR) is 82.3 cm³/mol. The fraction of sp³-hybridized carbons (Fsp3) is 0.778. The van der Waals surface area contributed by atoms with Crippen LogP contribution < -0.4 is 0 Å². The van der Waals surface area contributed by atoms with Gasteiger partial charge in [-0.2, -0.15) is 8.78 Å². The quantitative estimate of drug-likeness (QED) is 0.565. The first-order valence-corrected chi connectivity index (χ1v) is 8.47. The summed E-state index contributed by atoms with van der Waals surface area (Å²) < 4.78 is 36.8. The fourth-order valence-electron chi connectivity index (χ4n) is 5.28. The molecule has 0 radical (unpaired) electrons. The highest BCUT2D eigenvalue weighted by atomic mass is 19.3. The van der Waals surface area contributed by atoms with Crippen LogP contribution in [0, 0.1) is 17.3 Å². The van der Waals surface area contributed by atoms with Crippen molar-refractivity contribution in [3.05, 3.63) is 12.2 Å². The van der Waals surface area contributed by atoms with E-state index in [-0.39, 0.29) is 12.0 Å². The molecule has 4 rings (SSSR count). The second-order valence-electron chi connectivity index (χ2n) is 8.28. The molecule has 4 aliphatic rings. The Bertz CT molecular complexity index is 564. The second-order valence-corrected chi connectivity index (χ2v) is 8.28. The first-order chi connectivity index (χ1) is 11.0. The van der Waals surface area contributed by atoms with Crippen molar-refractivity contribution in [3.63, 3.8) is 0 Å². The molecular formula is C18H24F2O4. The number of rotatable bonds is 5. The summed E-state index contributed by atoms with van der Waals surface area (Å²) in [5.41, 5.74) is -0.543. The van der Waals surface area contributed by atoms with E-state index >= 15 is 0 Å². The van der Waals surface area contributed by atoms with Crippen LogP contribution >= 0.6 is 0 Å². The Balaban J connectivity index is 1.74. The molecule has 4 saturated carbocycles. The zero-order chi connectivity index (χ0) is 17.8. The molecule has 134 valence electrons. The average Bonchev–Trinajstić information content (AvgIpc) is 2.41. The second kappa shape index (κ2) is 5.53. The van der Waals surface area contributed by atoms with Gasteiger partial charge in [0.25, 0.3) is 0 Å². The lowest BCUT2D eigenvalue weighted by Crippen LogP contribution is -2.59. The molecule has 0 saturated heterocycles. The number of hydrogen-bond donors (Lipinski definition) is 0. The molecule has 4 fully saturated rings. The van der Waals surface area contributed by atoms with Gasteiger partial charge in [0.1, 0.15) is 5.60 Å². The topological polar surface area (TPSA) is 52.6 Å². The molecule has 0 heterocycles. The molecule has 0 aromatic carbocycles. The van der Waals surface area contributed by atoms with E-state index in [1.165, 1.54) is 0 Å². The van der Waals surface area contributed by atoms with Gasteiger partial charge >= 0.3 is 17.9 Å². The minimum absolute atomic E-state index is 0.0192. The molecule has 4 nitrogen and oxygen atoms in total. The van der Waals surface area contributed by atoms with Gasteiger partial charge in [0, 0.05) is 17.9 Å².